The van der Waals surface area contributed by atoms with Crippen LogP contribution in [0.1, 0.15) is 20.7 Å². The number of carbonyl (C=O) groups excluding carboxylic acids is 1. The van der Waals surface area contributed by atoms with Crippen molar-refractivity contribution in [2.45, 2.75) is 0 Å². The number of nitrogens with one attached hydrogen (secondary N) is 1. The van der Waals surface area contributed by atoms with Crippen LogP contribution in [0.25, 0.3) is 0 Å². The Balaban J connectivity index is 2.27. The van der Waals surface area contributed by atoms with E-state index in [1.54, 1.807) is 6.07 Å². The van der Waals surface area contributed by atoms with Crippen LogP contribution in [0.2, 0.25) is 15.1 Å². The maximum atomic E-state index is 12.1. The quantitative estimate of drug-likeness (QED) is 0.855. The Labute approximate surface area is 135 Å². The molecule has 2 N–H and O–H groups in total. The predicted octanol–water partition coefficient (Wildman–Crippen LogP) is 4.60. The molecule has 2 aromatic rings. The van der Waals surface area contributed by atoms with Crippen LogP contribution in [-0.2, 0) is 0 Å². The van der Waals surface area contributed by atoms with E-state index in [-0.39, 0.29) is 26.9 Å². The average molecular weight is 345 g/mol. The van der Waals surface area contributed by atoms with E-state index >= 15 is 0 Å². The molecule has 0 unspecified atom stereocenters. The Kier molecular flexibility index (Phi) is 4.73. The number of amides is 1. The molecule has 0 heterocycles. The van der Waals surface area contributed by atoms with E-state index in [2.05, 4.69) is 5.32 Å². The van der Waals surface area contributed by atoms with E-state index < -0.39 is 11.9 Å². The minimum atomic E-state index is -1.10. The number of anilines is 1. The third-order valence-electron chi connectivity index (χ3n) is 2.64. The number of halogens is 3. The lowest BCUT2D eigenvalue weighted by Crippen LogP contribution is -2.13. The summed E-state index contributed by atoms with van der Waals surface area (Å²) >= 11 is 17.7. The van der Waals surface area contributed by atoms with Gasteiger partial charge in [0.25, 0.3) is 5.91 Å². The molecule has 0 saturated carbocycles. The van der Waals surface area contributed by atoms with E-state index in [1.165, 1.54) is 30.3 Å². The highest BCUT2D eigenvalue weighted by Gasteiger charge is 2.14. The Bertz CT molecular complexity index is 731. The van der Waals surface area contributed by atoms with Gasteiger partial charge in [-0.05, 0) is 36.4 Å². The summed E-state index contributed by atoms with van der Waals surface area (Å²) in [6, 6.07) is 8.49. The topological polar surface area (TPSA) is 66.4 Å². The molecule has 7 heteroatoms. The predicted molar refractivity (Wildman–Crippen MR) is 82.8 cm³/mol. The number of benzene rings is 2. The van der Waals surface area contributed by atoms with Crippen molar-refractivity contribution in [2.75, 3.05) is 5.32 Å². The molecule has 0 saturated heterocycles. The van der Waals surface area contributed by atoms with Gasteiger partial charge in [-0.2, -0.15) is 0 Å². The summed E-state index contributed by atoms with van der Waals surface area (Å²) in [6.45, 7) is 0. The minimum Gasteiger partial charge on any atom is -0.478 e. The van der Waals surface area contributed by atoms with Crippen LogP contribution in [0.4, 0.5) is 5.69 Å². The Morgan fingerprint density at radius 1 is 0.952 bits per heavy atom. The lowest BCUT2D eigenvalue weighted by Gasteiger charge is -2.09. The standard InChI is InChI=1S/C14H8Cl3NO3/c15-8-2-3-10(16)9(6-8)13(19)18-12-4-1-7(14(20)21)5-11(12)17/h1-6H,(H,18,19)(H,20,21). The summed E-state index contributed by atoms with van der Waals surface area (Å²) in [5.41, 5.74) is 0.504. The lowest BCUT2D eigenvalue weighted by molar-refractivity contribution is 0.0696. The van der Waals surface area contributed by atoms with Crippen molar-refractivity contribution in [1.29, 1.82) is 0 Å². The molecule has 0 aromatic heterocycles. The fourth-order valence-corrected chi connectivity index (χ4v) is 2.21. The monoisotopic (exact) mass is 343 g/mol. The van der Waals surface area contributed by atoms with E-state index in [1.807, 2.05) is 0 Å². The van der Waals surface area contributed by atoms with Gasteiger partial charge in [-0.15, -0.1) is 0 Å². The molecule has 0 aliphatic rings. The summed E-state index contributed by atoms with van der Waals surface area (Å²) in [5.74, 6) is -1.60. The number of aromatic carboxylic acids is 1. The van der Waals surface area contributed by atoms with Crippen LogP contribution < -0.4 is 5.32 Å². The van der Waals surface area contributed by atoms with Gasteiger partial charge in [0.2, 0.25) is 0 Å². The van der Waals surface area contributed by atoms with Crippen LogP contribution in [0.3, 0.4) is 0 Å². The molecule has 0 atom stereocenters. The zero-order valence-corrected chi connectivity index (χ0v) is 12.6. The zero-order valence-electron chi connectivity index (χ0n) is 10.4. The smallest absolute Gasteiger partial charge is 0.335 e. The molecule has 0 bridgehead atoms. The minimum absolute atomic E-state index is 0.0267. The summed E-state index contributed by atoms with van der Waals surface area (Å²) < 4.78 is 0. The van der Waals surface area contributed by atoms with Crippen molar-refractivity contribution in [3.8, 4) is 0 Å². The van der Waals surface area contributed by atoms with Crippen molar-refractivity contribution in [3.63, 3.8) is 0 Å². The van der Waals surface area contributed by atoms with E-state index in [0.29, 0.717) is 5.02 Å². The van der Waals surface area contributed by atoms with Crippen LogP contribution in [-0.4, -0.2) is 17.0 Å². The van der Waals surface area contributed by atoms with Gasteiger partial charge in [-0.1, -0.05) is 34.8 Å². The maximum Gasteiger partial charge on any atom is 0.335 e. The Morgan fingerprint density at radius 2 is 1.67 bits per heavy atom. The van der Waals surface area contributed by atoms with Crippen molar-refractivity contribution < 1.29 is 14.7 Å². The summed E-state index contributed by atoms with van der Waals surface area (Å²) in [4.78, 5) is 22.9. The molecule has 0 aliphatic heterocycles. The molecule has 21 heavy (non-hydrogen) atoms. The number of rotatable bonds is 3. The summed E-state index contributed by atoms with van der Waals surface area (Å²) in [5, 5.41) is 12.1. The first kappa shape index (κ1) is 15.6. The SMILES string of the molecule is O=C(O)c1ccc(NC(=O)c2cc(Cl)ccc2Cl)c(Cl)c1. The van der Waals surface area contributed by atoms with Gasteiger partial charge in [-0.25, -0.2) is 4.79 Å². The molecule has 0 radical (unpaired) electrons. The normalized spacial score (nSPS) is 10.2. The highest BCUT2D eigenvalue weighted by atomic mass is 35.5. The van der Waals surface area contributed by atoms with E-state index in [0.717, 1.165) is 0 Å². The van der Waals surface area contributed by atoms with Crippen molar-refractivity contribution in [1.82, 2.24) is 0 Å². The van der Waals surface area contributed by atoms with E-state index in [4.69, 9.17) is 39.9 Å². The number of hydrogen-bond donors (Lipinski definition) is 2. The largest absolute Gasteiger partial charge is 0.478 e. The molecule has 0 spiro atoms. The maximum absolute atomic E-state index is 12.1. The fraction of sp³-hybridized carbons (Fsp3) is 0. The van der Waals surface area contributed by atoms with Gasteiger partial charge in [0.05, 0.1) is 26.9 Å². The molecular weight excluding hydrogens is 337 g/mol. The summed E-state index contributed by atoms with van der Waals surface area (Å²) in [7, 11) is 0. The van der Waals surface area contributed by atoms with E-state index in [9.17, 15) is 9.59 Å². The Hall–Kier alpha value is -1.75. The fourth-order valence-electron chi connectivity index (χ4n) is 1.61. The van der Waals surface area contributed by atoms with Gasteiger partial charge in [0.1, 0.15) is 0 Å². The highest BCUT2D eigenvalue weighted by molar-refractivity contribution is 6.37. The van der Waals surface area contributed by atoms with Gasteiger partial charge in [-0.3, -0.25) is 4.79 Å². The highest BCUT2D eigenvalue weighted by Crippen LogP contribution is 2.26. The molecule has 2 aromatic carbocycles. The molecule has 1 amide bonds. The second-order valence-electron chi connectivity index (χ2n) is 4.08. The summed E-state index contributed by atoms with van der Waals surface area (Å²) in [6.07, 6.45) is 0. The van der Waals surface area contributed by atoms with Crippen LogP contribution in [0, 0.1) is 0 Å². The molecular formula is C14H8Cl3NO3. The molecule has 2 rings (SSSR count). The van der Waals surface area contributed by atoms with Crippen molar-refractivity contribution in [2.24, 2.45) is 0 Å². The van der Waals surface area contributed by atoms with Gasteiger partial charge in [0.15, 0.2) is 0 Å². The Morgan fingerprint density at radius 3 is 2.29 bits per heavy atom. The first-order valence-corrected chi connectivity index (χ1v) is 6.81. The average Bonchev–Trinajstić information content (AvgIpc) is 2.43. The van der Waals surface area contributed by atoms with Crippen LogP contribution in [0.15, 0.2) is 36.4 Å². The molecule has 4 nitrogen and oxygen atoms in total. The third kappa shape index (κ3) is 3.67. The van der Waals surface area contributed by atoms with Crippen molar-refractivity contribution >= 4 is 52.4 Å². The third-order valence-corrected chi connectivity index (χ3v) is 3.51. The van der Waals surface area contributed by atoms with Crippen LogP contribution in [0.5, 0.6) is 0 Å². The van der Waals surface area contributed by atoms with Gasteiger partial charge >= 0.3 is 5.97 Å². The zero-order chi connectivity index (χ0) is 15.6. The molecule has 108 valence electrons. The second-order valence-corrected chi connectivity index (χ2v) is 5.33. The number of carboxylic acid groups (broad SMARTS) is 1. The number of carboxylic acids is 1. The number of hydrogen-bond acceptors (Lipinski definition) is 2. The first-order valence-electron chi connectivity index (χ1n) is 5.67. The second kappa shape index (κ2) is 6.35. The first-order chi connectivity index (χ1) is 9.88. The number of carbonyl (C=O) groups is 2. The lowest BCUT2D eigenvalue weighted by atomic mass is 10.2. The van der Waals surface area contributed by atoms with Crippen molar-refractivity contribution in [3.05, 3.63) is 62.6 Å². The molecule has 0 fully saturated rings. The van der Waals surface area contributed by atoms with Gasteiger partial charge in [0, 0.05) is 5.02 Å². The molecule has 0 aliphatic carbocycles. The van der Waals surface area contributed by atoms with Crippen LogP contribution >= 0.6 is 34.8 Å². The van der Waals surface area contributed by atoms with Gasteiger partial charge < -0.3 is 10.4 Å².